The number of rotatable bonds is 4. The van der Waals surface area contributed by atoms with Crippen molar-refractivity contribution < 1.29 is 4.74 Å². The molecule has 2 heterocycles. The Kier molecular flexibility index (Phi) is 4.42. The van der Waals surface area contributed by atoms with Gasteiger partial charge in [0.05, 0.1) is 0 Å². The summed E-state index contributed by atoms with van der Waals surface area (Å²) in [4.78, 5) is 4.09. The van der Waals surface area contributed by atoms with Gasteiger partial charge < -0.3 is 10.1 Å². The summed E-state index contributed by atoms with van der Waals surface area (Å²) in [5.41, 5.74) is 2.10. The fraction of sp³-hybridized carbons (Fsp3) is 0.353. The first-order valence-electron chi connectivity index (χ1n) is 7.29. The Bertz CT molecular complexity index is 597. The number of nitrogens with zero attached hydrogens (tertiary/aromatic N) is 1. The minimum absolute atomic E-state index is 0.0402. The molecule has 0 aliphatic carbocycles. The second-order valence-electron chi connectivity index (χ2n) is 5.43. The molecule has 2 atom stereocenters. The van der Waals surface area contributed by atoms with Gasteiger partial charge >= 0.3 is 0 Å². The minimum Gasteiger partial charge on any atom is -0.485 e. The van der Waals surface area contributed by atoms with Crippen molar-refractivity contribution in [2.75, 3.05) is 13.1 Å². The summed E-state index contributed by atoms with van der Waals surface area (Å²) in [6.07, 6.45) is 2.86. The Hall–Kier alpha value is -1.58. The molecule has 0 radical (unpaired) electrons. The molecule has 1 aromatic heterocycles. The van der Waals surface area contributed by atoms with E-state index < -0.39 is 0 Å². The van der Waals surface area contributed by atoms with Gasteiger partial charge in [0, 0.05) is 24.2 Å². The van der Waals surface area contributed by atoms with Gasteiger partial charge in [0.15, 0.2) is 0 Å². The number of aromatic nitrogens is 1. The third-order valence-corrected chi connectivity index (χ3v) is 4.38. The van der Waals surface area contributed by atoms with Crippen LogP contribution < -0.4 is 10.1 Å². The molecule has 110 valence electrons. The molecule has 1 fully saturated rings. The molecule has 3 rings (SSSR count). The number of nitrogens with one attached hydrogen (secondary N) is 1. The maximum Gasteiger partial charge on any atom is 0.135 e. The average molecular weight is 303 g/mol. The van der Waals surface area contributed by atoms with Crippen molar-refractivity contribution in [2.24, 2.45) is 5.92 Å². The summed E-state index contributed by atoms with van der Waals surface area (Å²) >= 11 is 6.10. The van der Waals surface area contributed by atoms with Crippen LogP contribution in [-0.2, 0) is 0 Å². The molecule has 4 heteroatoms. The molecule has 1 N–H and O–H groups in total. The summed E-state index contributed by atoms with van der Waals surface area (Å²) in [5.74, 6) is 1.29. The molecular weight excluding hydrogens is 284 g/mol. The monoisotopic (exact) mass is 302 g/mol. The number of benzene rings is 1. The Balaban J connectivity index is 1.90. The van der Waals surface area contributed by atoms with E-state index in [9.17, 15) is 0 Å². The molecule has 1 aliphatic heterocycles. The highest BCUT2D eigenvalue weighted by atomic mass is 35.5. The fourth-order valence-corrected chi connectivity index (χ4v) is 2.92. The van der Waals surface area contributed by atoms with Crippen LogP contribution in [0.4, 0.5) is 0 Å². The second kappa shape index (κ2) is 6.46. The van der Waals surface area contributed by atoms with E-state index in [1.165, 1.54) is 5.56 Å². The molecule has 0 amide bonds. The summed E-state index contributed by atoms with van der Waals surface area (Å²) < 4.78 is 6.33. The van der Waals surface area contributed by atoms with Crippen molar-refractivity contribution in [1.29, 1.82) is 0 Å². The molecule has 2 aromatic rings. The number of hydrogen-bond donors (Lipinski definition) is 1. The molecule has 1 saturated heterocycles. The first kappa shape index (κ1) is 14.4. The van der Waals surface area contributed by atoms with E-state index in [-0.39, 0.29) is 6.10 Å². The minimum atomic E-state index is 0.0402. The average Bonchev–Trinajstić information content (AvgIpc) is 3.04. The molecule has 21 heavy (non-hydrogen) atoms. The maximum atomic E-state index is 6.33. The van der Waals surface area contributed by atoms with E-state index in [0.29, 0.717) is 11.1 Å². The van der Waals surface area contributed by atoms with Gasteiger partial charge in [0.25, 0.3) is 0 Å². The third kappa shape index (κ3) is 3.20. The molecule has 0 bridgehead atoms. The van der Waals surface area contributed by atoms with Crippen molar-refractivity contribution in [2.45, 2.75) is 19.4 Å². The first-order valence-corrected chi connectivity index (χ1v) is 7.67. The summed E-state index contributed by atoms with van der Waals surface area (Å²) in [7, 11) is 0. The van der Waals surface area contributed by atoms with Crippen molar-refractivity contribution in [3.05, 3.63) is 58.9 Å². The highest BCUT2D eigenvalue weighted by molar-refractivity contribution is 6.30. The lowest BCUT2D eigenvalue weighted by Crippen LogP contribution is -2.21. The van der Waals surface area contributed by atoms with Crippen LogP contribution in [0, 0.1) is 12.8 Å². The number of pyridine rings is 1. The van der Waals surface area contributed by atoms with Gasteiger partial charge in [-0.2, -0.15) is 0 Å². The van der Waals surface area contributed by atoms with Crippen molar-refractivity contribution >= 4 is 11.6 Å². The van der Waals surface area contributed by atoms with Crippen molar-refractivity contribution in [1.82, 2.24) is 10.3 Å². The van der Waals surface area contributed by atoms with Gasteiger partial charge in [0.2, 0.25) is 0 Å². The molecule has 1 aromatic carbocycles. The van der Waals surface area contributed by atoms with E-state index in [0.717, 1.165) is 30.8 Å². The van der Waals surface area contributed by atoms with E-state index >= 15 is 0 Å². The van der Waals surface area contributed by atoms with Gasteiger partial charge in [-0.3, -0.25) is 0 Å². The highest BCUT2D eigenvalue weighted by Crippen LogP contribution is 2.34. The molecule has 3 nitrogen and oxygen atoms in total. The van der Waals surface area contributed by atoms with Gasteiger partial charge in [-0.25, -0.2) is 4.98 Å². The molecular formula is C17H19ClN2O. The number of ether oxygens (including phenoxy) is 1. The smallest absolute Gasteiger partial charge is 0.135 e. The van der Waals surface area contributed by atoms with Crippen LogP contribution >= 0.6 is 11.6 Å². The lowest BCUT2D eigenvalue weighted by molar-refractivity contribution is 0.143. The maximum absolute atomic E-state index is 6.33. The first-order chi connectivity index (χ1) is 10.3. The lowest BCUT2D eigenvalue weighted by Gasteiger charge is -2.25. The summed E-state index contributed by atoms with van der Waals surface area (Å²) in [5, 5.41) is 3.92. The Morgan fingerprint density at radius 1 is 1.29 bits per heavy atom. The van der Waals surface area contributed by atoms with Crippen LogP contribution in [0.15, 0.2) is 42.6 Å². The van der Waals surface area contributed by atoms with E-state index in [4.69, 9.17) is 16.3 Å². The summed E-state index contributed by atoms with van der Waals surface area (Å²) in [6, 6.07) is 12.3. The zero-order valence-corrected chi connectivity index (χ0v) is 12.8. The van der Waals surface area contributed by atoms with Crippen LogP contribution in [0.2, 0.25) is 5.15 Å². The van der Waals surface area contributed by atoms with E-state index in [1.54, 1.807) is 6.20 Å². The van der Waals surface area contributed by atoms with Crippen LogP contribution in [-0.4, -0.2) is 18.1 Å². The standard InChI is InChI=1S/C17H19ClN2O/c1-12-15(8-10-20-17(12)18)21-16(14-7-9-19-11-14)13-5-3-2-4-6-13/h2-6,8,10,14,16,19H,7,9,11H2,1H3/t14-,16?/m0/s1. The lowest BCUT2D eigenvalue weighted by atomic mass is 9.94. The Morgan fingerprint density at radius 2 is 2.10 bits per heavy atom. The van der Waals surface area contributed by atoms with Crippen molar-refractivity contribution in [3.63, 3.8) is 0 Å². The molecule has 0 saturated carbocycles. The van der Waals surface area contributed by atoms with Crippen LogP contribution in [0.5, 0.6) is 5.75 Å². The SMILES string of the molecule is Cc1c(OC(c2ccccc2)[C@H]2CCNC2)ccnc1Cl. The normalized spacial score (nSPS) is 19.4. The second-order valence-corrected chi connectivity index (χ2v) is 5.78. The van der Waals surface area contributed by atoms with Crippen LogP contribution in [0.3, 0.4) is 0 Å². The van der Waals surface area contributed by atoms with Crippen LogP contribution in [0.1, 0.15) is 23.7 Å². The molecule has 1 unspecified atom stereocenters. The molecule has 1 aliphatic rings. The topological polar surface area (TPSA) is 34.1 Å². The quantitative estimate of drug-likeness (QED) is 0.873. The van der Waals surface area contributed by atoms with E-state index in [1.807, 2.05) is 19.1 Å². The highest BCUT2D eigenvalue weighted by Gasteiger charge is 2.28. The Labute approximate surface area is 130 Å². The largest absolute Gasteiger partial charge is 0.485 e. The van der Waals surface area contributed by atoms with Gasteiger partial charge in [-0.05, 0) is 31.5 Å². The number of halogens is 1. The zero-order chi connectivity index (χ0) is 14.7. The predicted octanol–water partition coefficient (Wildman–Crippen LogP) is 3.77. The van der Waals surface area contributed by atoms with Crippen molar-refractivity contribution in [3.8, 4) is 5.75 Å². The third-order valence-electron chi connectivity index (χ3n) is 4.00. The summed E-state index contributed by atoms with van der Waals surface area (Å²) in [6.45, 7) is 3.98. The Morgan fingerprint density at radius 3 is 2.81 bits per heavy atom. The van der Waals surface area contributed by atoms with Gasteiger partial charge in [-0.1, -0.05) is 41.9 Å². The van der Waals surface area contributed by atoms with E-state index in [2.05, 4.69) is 34.6 Å². The number of hydrogen-bond acceptors (Lipinski definition) is 3. The predicted molar refractivity (Wildman–Crippen MR) is 84.8 cm³/mol. The molecule has 0 spiro atoms. The zero-order valence-electron chi connectivity index (χ0n) is 12.1. The van der Waals surface area contributed by atoms with Gasteiger partial charge in [-0.15, -0.1) is 0 Å². The van der Waals surface area contributed by atoms with Crippen LogP contribution in [0.25, 0.3) is 0 Å². The fourth-order valence-electron chi connectivity index (χ4n) is 2.77. The van der Waals surface area contributed by atoms with Gasteiger partial charge in [0.1, 0.15) is 17.0 Å².